The fourth-order valence-corrected chi connectivity index (χ4v) is 3.49. The van der Waals surface area contributed by atoms with E-state index < -0.39 is 16.8 Å². The molecule has 0 aliphatic carbocycles. The van der Waals surface area contributed by atoms with Crippen LogP contribution in [0.3, 0.4) is 0 Å². The Morgan fingerprint density at radius 3 is 2.27 bits per heavy atom. The molecule has 196 valence electrons. The summed E-state index contributed by atoms with van der Waals surface area (Å²) in [5.41, 5.74) is 2.51. The molecule has 10 nitrogen and oxygen atoms in total. The first-order chi connectivity index (χ1) is 16.8. The summed E-state index contributed by atoms with van der Waals surface area (Å²) in [5.74, 6) is 1.85. The third-order valence-corrected chi connectivity index (χ3v) is 4.81. The van der Waals surface area contributed by atoms with Gasteiger partial charge in [-0.05, 0) is 35.4 Å². The van der Waals surface area contributed by atoms with E-state index in [1.807, 2.05) is 42.4 Å². The number of aliphatic imine (C=N–C) groups is 2. The third kappa shape index (κ3) is 10.3. The molecule has 2 N–H and O–H groups in total. The molecule has 15 heteroatoms. The number of likely N-dealkylation sites (N-methyl/N-ethyl adjacent to an activating group) is 1. The molecule has 0 atom stereocenters. The molecule has 2 aromatic rings. The second kappa shape index (κ2) is 12.8. The molecule has 4 rings (SSSR count). The number of hydrogen-bond donors (Lipinski definition) is 2. The molecule has 37 heavy (non-hydrogen) atoms. The van der Waals surface area contributed by atoms with Crippen LogP contribution >= 0.6 is 0 Å². The van der Waals surface area contributed by atoms with E-state index in [-0.39, 0.29) is 35.3 Å². The molecule has 2 aliphatic heterocycles. The predicted molar refractivity (Wildman–Crippen MR) is 132 cm³/mol. The maximum atomic E-state index is 12.5. The predicted octanol–water partition coefficient (Wildman–Crippen LogP) is 2.89. The Morgan fingerprint density at radius 1 is 1.03 bits per heavy atom. The molecule has 2 aromatic carbocycles. The van der Waals surface area contributed by atoms with Gasteiger partial charge in [-0.2, -0.15) is 8.42 Å². The van der Waals surface area contributed by atoms with Gasteiger partial charge in [-0.3, -0.25) is 9.11 Å². The summed E-state index contributed by atoms with van der Waals surface area (Å²) in [5, 5.41) is 0. The molecule has 0 fully saturated rings. The summed E-state index contributed by atoms with van der Waals surface area (Å²) >= 11 is 0. The fourth-order valence-electron chi connectivity index (χ4n) is 3.49. The van der Waals surface area contributed by atoms with Crippen molar-refractivity contribution in [3.8, 4) is 11.5 Å². The van der Waals surface area contributed by atoms with Crippen LogP contribution in [0.25, 0.3) is 0 Å². The van der Waals surface area contributed by atoms with Crippen molar-refractivity contribution in [2.24, 2.45) is 9.98 Å². The number of ether oxygens (including phenoxy) is 2. The average Bonchev–Trinajstić information content (AvgIpc) is 3.15. The number of rotatable bonds is 6. The summed E-state index contributed by atoms with van der Waals surface area (Å²) in [6.07, 6.45) is -2.46. The maximum absolute atomic E-state index is 12.5. The van der Waals surface area contributed by atoms with Gasteiger partial charge in [0.25, 0.3) is 0 Å². The summed E-state index contributed by atoms with van der Waals surface area (Å²) in [6.45, 7) is 1.35. The summed E-state index contributed by atoms with van der Waals surface area (Å²) in [7, 11) is -1.10. The molecule has 0 spiro atoms. The van der Waals surface area contributed by atoms with Gasteiger partial charge in [-0.1, -0.05) is 24.3 Å². The molecule has 2 heterocycles. The van der Waals surface area contributed by atoms with Gasteiger partial charge in [-0.25, -0.2) is 9.98 Å². The van der Waals surface area contributed by atoms with Gasteiger partial charge >= 0.3 is 46.3 Å². The monoisotopic (exact) mass is 552 g/mol. The first-order valence-corrected chi connectivity index (χ1v) is 11.7. The van der Waals surface area contributed by atoms with E-state index in [4.69, 9.17) is 22.3 Å². The van der Waals surface area contributed by atoms with E-state index in [0.717, 1.165) is 22.8 Å². The van der Waals surface area contributed by atoms with Gasteiger partial charge in [0.2, 0.25) is 0 Å². The second-order valence-corrected chi connectivity index (χ2v) is 8.63. The van der Waals surface area contributed by atoms with E-state index >= 15 is 0 Å². The number of halogens is 3. The zero-order valence-corrected chi connectivity index (χ0v) is 20.0. The number of alkyl halides is 3. The Labute approximate surface area is 234 Å². The topological polar surface area (TPSA) is 124 Å². The van der Waals surface area contributed by atoms with Crippen LogP contribution in [-0.2, 0) is 23.4 Å². The van der Waals surface area contributed by atoms with Crippen molar-refractivity contribution in [1.29, 1.82) is 0 Å². The Balaban J connectivity index is 0.000000734. The molecule has 2 aliphatic rings. The van der Waals surface area contributed by atoms with Gasteiger partial charge in [0, 0.05) is 26.2 Å². The zero-order valence-electron chi connectivity index (χ0n) is 19.2. The van der Waals surface area contributed by atoms with E-state index in [1.165, 1.54) is 18.2 Å². The van der Waals surface area contributed by atoms with E-state index in [0.29, 0.717) is 31.0 Å². The van der Waals surface area contributed by atoms with Crippen molar-refractivity contribution in [3.63, 3.8) is 0 Å². The molecule has 0 aromatic heterocycles. The Kier molecular flexibility index (Phi) is 10.6. The average molecular weight is 553 g/mol. The van der Waals surface area contributed by atoms with Crippen molar-refractivity contribution in [1.82, 2.24) is 9.80 Å². The number of nitrogens with zero attached hydrogens (tertiary/aromatic N) is 4. The van der Waals surface area contributed by atoms with Crippen LogP contribution in [-0.4, -0.2) is 95.7 Å². The molecule has 0 saturated heterocycles. The molecule has 0 bridgehead atoms. The van der Waals surface area contributed by atoms with Crippen LogP contribution in [0.1, 0.15) is 11.1 Å². The van der Waals surface area contributed by atoms with Gasteiger partial charge in [-0.15, -0.1) is 13.2 Å². The van der Waals surface area contributed by atoms with Crippen molar-refractivity contribution in [3.05, 3.63) is 71.6 Å². The van der Waals surface area contributed by atoms with E-state index in [9.17, 15) is 13.2 Å². The standard InChI is InChI=1S/C22H21F3N4O2.Na.H2O4S.H/c1-28-14-29(12-15-6-8-17(30-2)9-7-15)13-19-21(28)27-20(26-19)11-16-4-3-5-18(10-16)31-22(23,24)25;;1-5(2,3)4;/h3-10,13H,11-12,14H2,1-2H3;;(H2,1,2,3,4);. The zero-order chi connectivity index (χ0) is 26.5. The Bertz CT molecular complexity index is 1280. The molecular weight excluding hydrogens is 528 g/mol. The SMILES string of the molecule is COc1ccc(CN2C=C3N=C(Cc4cccc(OC(F)(F)F)c4)N=C3N(C)C2)cc1.O=S(=O)(O)O.[NaH]. The van der Waals surface area contributed by atoms with Crippen LogP contribution < -0.4 is 9.47 Å². The number of amidine groups is 2. The van der Waals surface area contributed by atoms with Crippen molar-refractivity contribution in [2.45, 2.75) is 19.3 Å². The van der Waals surface area contributed by atoms with Gasteiger partial charge in [0.15, 0.2) is 5.84 Å². The molecule has 0 saturated carbocycles. The van der Waals surface area contributed by atoms with Crippen molar-refractivity contribution >= 4 is 51.6 Å². The van der Waals surface area contributed by atoms with Crippen LogP contribution in [0.15, 0.2) is 70.4 Å². The molecule has 0 amide bonds. The molecular formula is C22H24F3N4NaO6S. The molecule has 0 unspecified atom stereocenters. The number of hydrogen-bond acceptors (Lipinski definition) is 8. The van der Waals surface area contributed by atoms with Crippen LogP contribution in [0.5, 0.6) is 11.5 Å². The van der Waals surface area contributed by atoms with Crippen LogP contribution in [0, 0.1) is 0 Å². The van der Waals surface area contributed by atoms with E-state index in [2.05, 4.69) is 19.6 Å². The van der Waals surface area contributed by atoms with Gasteiger partial charge < -0.3 is 19.3 Å². The number of methoxy groups -OCH3 is 1. The number of fused-ring (bicyclic) bond motifs is 1. The summed E-state index contributed by atoms with van der Waals surface area (Å²) in [6, 6.07) is 13.7. The van der Waals surface area contributed by atoms with Crippen LogP contribution in [0.4, 0.5) is 13.2 Å². The Hall–Kier alpha value is -2.62. The van der Waals surface area contributed by atoms with Crippen LogP contribution in [0.2, 0.25) is 0 Å². The van der Waals surface area contributed by atoms with E-state index in [1.54, 1.807) is 13.2 Å². The third-order valence-electron chi connectivity index (χ3n) is 4.81. The fraction of sp³-hybridized carbons (Fsp3) is 0.273. The first kappa shape index (κ1) is 30.6. The minimum absolute atomic E-state index is 0. The number of benzene rings is 2. The van der Waals surface area contributed by atoms with Gasteiger partial charge in [0.1, 0.15) is 23.0 Å². The van der Waals surface area contributed by atoms with Crippen molar-refractivity contribution in [2.75, 3.05) is 20.8 Å². The Morgan fingerprint density at radius 2 is 1.68 bits per heavy atom. The minimum atomic E-state index is -4.72. The molecule has 0 radical (unpaired) electrons. The van der Waals surface area contributed by atoms with Crippen molar-refractivity contribution < 1.29 is 40.2 Å². The quantitative estimate of drug-likeness (QED) is 0.414. The second-order valence-electron chi connectivity index (χ2n) is 7.73. The summed E-state index contributed by atoms with van der Waals surface area (Å²) < 4.78 is 78.2. The first-order valence-electron chi connectivity index (χ1n) is 10.3. The summed E-state index contributed by atoms with van der Waals surface area (Å²) in [4.78, 5) is 13.3. The normalized spacial score (nSPS) is 14.8. The van der Waals surface area contributed by atoms with Gasteiger partial charge in [0.05, 0.1) is 13.8 Å².